The van der Waals surface area contributed by atoms with Crippen molar-refractivity contribution < 1.29 is 9.59 Å². The lowest BCUT2D eigenvalue weighted by Crippen LogP contribution is -2.50. The maximum atomic E-state index is 12.8. The van der Waals surface area contributed by atoms with Crippen molar-refractivity contribution in [3.8, 4) is 0 Å². The molecular formula is C21H31N3O2. The van der Waals surface area contributed by atoms with Gasteiger partial charge in [0.2, 0.25) is 11.8 Å². The van der Waals surface area contributed by atoms with Crippen LogP contribution in [-0.4, -0.2) is 41.3 Å². The van der Waals surface area contributed by atoms with Gasteiger partial charge in [0, 0.05) is 36.7 Å². The number of carbonyl (C=O) groups is 2. The largest absolute Gasteiger partial charge is 0.361 e. The van der Waals surface area contributed by atoms with Crippen molar-refractivity contribution in [3.05, 3.63) is 36.0 Å². The van der Waals surface area contributed by atoms with Gasteiger partial charge in [0.05, 0.1) is 0 Å². The Morgan fingerprint density at radius 2 is 1.77 bits per heavy atom. The number of carbonyl (C=O) groups excluding carboxylic acids is 2. The lowest BCUT2D eigenvalue weighted by atomic mass is 9.90. The van der Waals surface area contributed by atoms with E-state index < -0.39 is 5.41 Å². The van der Waals surface area contributed by atoms with E-state index >= 15 is 0 Å². The Morgan fingerprint density at radius 3 is 2.42 bits per heavy atom. The van der Waals surface area contributed by atoms with E-state index in [2.05, 4.69) is 16.4 Å². The molecule has 1 heterocycles. The predicted molar refractivity (Wildman–Crippen MR) is 106 cm³/mol. The van der Waals surface area contributed by atoms with Gasteiger partial charge in [-0.15, -0.1) is 0 Å². The highest BCUT2D eigenvalue weighted by molar-refractivity contribution is 6.04. The van der Waals surface area contributed by atoms with E-state index in [1.807, 2.05) is 38.2 Å². The minimum Gasteiger partial charge on any atom is -0.361 e. The van der Waals surface area contributed by atoms with E-state index in [-0.39, 0.29) is 11.8 Å². The molecule has 5 nitrogen and oxygen atoms in total. The normalized spacial score (nSPS) is 11.5. The van der Waals surface area contributed by atoms with Gasteiger partial charge in [0.25, 0.3) is 0 Å². The lowest BCUT2D eigenvalue weighted by Gasteiger charge is -2.30. The van der Waals surface area contributed by atoms with Gasteiger partial charge in [-0.3, -0.25) is 9.59 Å². The number of nitrogens with zero attached hydrogens (tertiary/aromatic N) is 1. The monoisotopic (exact) mass is 357 g/mol. The molecule has 0 fully saturated rings. The Balaban J connectivity index is 1.95. The SMILES string of the molecule is CCCN(CCC)C(=O)C(C)(C)C(=O)NCCc1c[nH]c2ccccc12. The highest BCUT2D eigenvalue weighted by Crippen LogP contribution is 2.21. The van der Waals surface area contributed by atoms with Crippen LogP contribution >= 0.6 is 0 Å². The van der Waals surface area contributed by atoms with E-state index in [4.69, 9.17) is 0 Å². The first-order chi connectivity index (χ1) is 12.4. The second kappa shape index (κ2) is 8.88. The molecule has 0 atom stereocenters. The number of fused-ring (bicyclic) bond motifs is 1. The molecule has 0 spiro atoms. The summed E-state index contributed by atoms with van der Waals surface area (Å²) >= 11 is 0. The second-order valence-electron chi connectivity index (χ2n) is 7.28. The third kappa shape index (κ3) is 4.45. The zero-order chi connectivity index (χ0) is 19.2. The van der Waals surface area contributed by atoms with Crippen LogP contribution in [0.3, 0.4) is 0 Å². The van der Waals surface area contributed by atoms with Crippen LogP contribution in [-0.2, 0) is 16.0 Å². The number of benzene rings is 1. The summed E-state index contributed by atoms with van der Waals surface area (Å²) in [6, 6.07) is 8.12. The average molecular weight is 357 g/mol. The van der Waals surface area contributed by atoms with Crippen molar-refractivity contribution in [2.45, 2.75) is 47.0 Å². The van der Waals surface area contributed by atoms with E-state index in [0.717, 1.165) is 24.8 Å². The number of hydrogen-bond donors (Lipinski definition) is 2. The molecule has 0 bridgehead atoms. The number of para-hydroxylation sites is 1. The molecule has 2 N–H and O–H groups in total. The van der Waals surface area contributed by atoms with E-state index in [0.29, 0.717) is 19.6 Å². The molecule has 0 aliphatic carbocycles. The fourth-order valence-corrected chi connectivity index (χ4v) is 3.22. The van der Waals surface area contributed by atoms with Gasteiger partial charge in [-0.05, 0) is 44.7 Å². The van der Waals surface area contributed by atoms with Crippen molar-refractivity contribution >= 4 is 22.7 Å². The fourth-order valence-electron chi connectivity index (χ4n) is 3.22. The van der Waals surface area contributed by atoms with Gasteiger partial charge in [0.1, 0.15) is 5.41 Å². The van der Waals surface area contributed by atoms with Gasteiger partial charge in [0.15, 0.2) is 0 Å². The van der Waals surface area contributed by atoms with E-state index in [9.17, 15) is 9.59 Å². The summed E-state index contributed by atoms with van der Waals surface area (Å²) in [6.07, 6.45) is 4.50. The molecule has 1 aromatic heterocycles. The molecule has 26 heavy (non-hydrogen) atoms. The maximum absolute atomic E-state index is 12.8. The third-order valence-electron chi connectivity index (χ3n) is 4.73. The number of hydrogen-bond acceptors (Lipinski definition) is 2. The Morgan fingerprint density at radius 1 is 1.12 bits per heavy atom. The minimum atomic E-state index is -1.05. The predicted octanol–water partition coefficient (Wildman–Crippen LogP) is 3.50. The van der Waals surface area contributed by atoms with Crippen LogP contribution in [0.5, 0.6) is 0 Å². The summed E-state index contributed by atoms with van der Waals surface area (Å²) in [7, 11) is 0. The Bertz CT molecular complexity index is 743. The van der Waals surface area contributed by atoms with Crippen LogP contribution in [0, 0.1) is 5.41 Å². The number of aromatic amines is 1. The fraction of sp³-hybridized carbons (Fsp3) is 0.524. The molecule has 2 aromatic rings. The van der Waals surface area contributed by atoms with E-state index in [1.165, 1.54) is 10.9 Å². The number of H-pyrrole nitrogens is 1. The number of nitrogens with one attached hydrogen (secondary N) is 2. The average Bonchev–Trinajstić information content (AvgIpc) is 3.04. The van der Waals surface area contributed by atoms with Gasteiger partial charge in [-0.25, -0.2) is 0 Å². The summed E-state index contributed by atoms with van der Waals surface area (Å²) in [6.45, 7) is 9.42. The second-order valence-corrected chi connectivity index (χ2v) is 7.28. The topological polar surface area (TPSA) is 65.2 Å². The van der Waals surface area contributed by atoms with E-state index in [1.54, 1.807) is 18.7 Å². The smallest absolute Gasteiger partial charge is 0.237 e. The highest BCUT2D eigenvalue weighted by Gasteiger charge is 2.38. The molecule has 5 heteroatoms. The first kappa shape index (κ1) is 20.0. The number of amides is 2. The lowest BCUT2D eigenvalue weighted by molar-refractivity contribution is -0.148. The van der Waals surface area contributed by atoms with Crippen LogP contribution in [0.25, 0.3) is 10.9 Å². The van der Waals surface area contributed by atoms with Crippen LogP contribution < -0.4 is 5.32 Å². The summed E-state index contributed by atoms with van der Waals surface area (Å²) in [5.74, 6) is -0.301. The molecule has 0 aliphatic rings. The zero-order valence-corrected chi connectivity index (χ0v) is 16.4. The Labute approximate surface area is 156 Å². The summed E-state index contributed by atoms with van der Waals surface area (Å²) in [5, 5.41) is 4.12. The van der Waals surface area contributed by atoms with Crippen molar-refractivity contribution in [1.29, 1.82) is 0 Å². The molecule has 0 radical (unpaired) electrons. The van der Waals surface area contributed by atoms with Gasteiger partial charge in [-0.2, -0.15) is 0 Å². The highest BCUT2D eigenvalue weighted by atomic mass is 16.2. The molecule has 0 saturated heterocycles. The van der Waals surface area contributed by atoms with Crippen molar-refractivity contribution in [3.63, 3.8) is 0 Å². The van der Waals surface area contributed by atoms with Crippen molar-refractivity contribution in [2.24, 2.45) is 5.41 Å². The molecule has 0 unspecified atom stereocenters. The van der Waals surface area contributed by atoms with Crippen LogP contribution in [0.15, 0.2) is 30.5 Å². The van der Waals surface area contributed by atoms with Crippen molar-refractivity contribution in [2.75, 3.05) is 19.6 Å². The third-order valence-corrected chi connectivity index (χ3v) is 4.73. The Kier molecular flexibility index (Phi) is 6.83. The molecular weight excluding hydrogens is 326 g/mol. The van der Waals surface area contributed by atoms with Gasteiger partial charge >= 0.3 is 0 Å². The summed E-state index contributed by atoms with van der Waals surface area (Å²) < 4.78 is 0. The molecule has 2 rings (SSSR count). The standard InChI is InChI=1S/C21H31N3O2/c1-5-13-24(14-6-2)20(26)21(3,4)19(25)22-12-11-16-15-23-18-10-8-7-9-17(16)18/h7-10,15,23H,5-6,11-14H2,1-4H3,(H,22,25). The van der Waals surface area contributed by atoms with Gasteiger partial charge in [-0.1, -0.05) is 32.0 Å². The number of aromatic nitrogens is 1. The first-order valence-electron chi connectivity index (χ1n) is 9.54. The molecule has 1 aromatic carbocycles. The summed E-state index contributed by atoms with van der Waals surface area (Å²) in [4.78, 5) is 30.5. The quantitative estimate of drug-likeness (QED) is 0.675. The molecule has 142 valence electrons. The summed E-state index contributed by atoms with van der Waals surface area (Å²) in [5.41, 5.74) is 1.22. The molecule has 0 saturated carbocycles. The van der Waals surface area contributed by atoms with Gasteiger partial charge < -0.3 is 15.2 Å². The molecule has 0 aliphatic heterocycles. The Hall–Kier alpha value is -2.30. The molecule has 2 amide bonds. The van der Waals surface area contributed by atoms with Crippen LogP contribution in [0.1, 0.15) is 46.1 Å². The van der Waals surface area contributed by atoms with Crippen LogP contribution in [0.4, 0.5) is 0 Å². The number of rotatable bonds is 9. The maximum Gasteiger partial charge on any atom is 0.237 e. The zero-order valence-electron chi connectivity index (χ0n) is 16.4. The first-order valence-corrected chi connectivity index (χ1v) is 9.54. The van der Waals surface area contributed by atoms with Crippen molar-refractivity contribution in [1.82, 2.24) is 15.2 Å². The minimum absolute atomic E-state index is 0.0919. The van der Waals surface area contributed by atoms with Crippen LogP contribution in [0.2, 0.25) is 0 Å².